The molecule has 0 unspecified atom stereocenters. The van der Waals surface area contributed by atoms with Gasteiger partial charge in [0.15, 0.2) is 5.13 Å². The van der Waals surface area contributed by atoms with Crippen LogP contribution in [0.5, 0.6) is 0 Å². The van der Waals surface area contributed by atoms with E-state index in [2.05, 4.69) is 20.3 Å². The molecular formula is C18H13Cl3N4S. The summed E-state index contributed by atoms with van der Waals surface area (Å²) in [5, 5.41) is 6.93. The molecule has 26 heavy (non-hydrogen) atoms. The van der Waals surface area contributed by atoms with Gasteiger partial charge in [0.05, 0.1) is 9.90 Å². The van der Waals surface area contributed by atoms with Gasteiger partial charge in [-0.2, -0.15) is 0 Å². The third-order valence-corrected chi connectivity index (χ3v) is 5.75. The van der Waals surface area contributed by atoms with E-state index in [0.29, 0.717) is 23.1 Å². The van der Waals surface area contributed by atoms with Gasteiger partial charge in [-0.1, -0.05) is 46.9 Å². The van der Waals surface area contributed by atoms with E-state index < -0.39 is 0 Å². The number of anilines is 1. The van der Waals surface area contributed by atoms with Crippen LogP contribution in [0.4, 0.5) is 5.13 Å². The van der Waals surface area contributed by atoms with E-state index in [9.17, 15) is 0 Å². The Bertz CT molecular complexity index is 1060. The number of aromatic amines is 1. The van der Waals surface area contributed by atoms with Crippen LogP contribution in [0.15, 0.2) is 42.6 Å². The molecule has 3 heterocycles. The van der Waals surface area contributed by atoms with Crippen molar-refractivity contribution in [3.8, 4) is 0 Å². The summed E-state index contributed by atoms with van der Waals surface area (Å²) in [6, 6.07) is 11.6. The molecule has 0 aliphatic rings. The zero-order valence-corrected chi connectivity index (χ0v) is 16.5. The van der Waals surface area contributed by atoms with E-state index in [0.717, 1.165) is 37.3 Å². The van der Waals surface area contributed by atoms with Gasteiger partial charge in [0, 0.05) is 35.3 Å². The van der Waals surface area contributed by atoms with Crippen LogP contribution in [-0.4, -0.2) is 15.0 Å². The number of benzene rings is 1. The summed E-state index contributed by atoms with van der Waals surface area (Å²) >= 11 is 19.8. The number of nitrogens with zero attached hydrogens (tertiary/aromatic N) is 2. The zero-order chi connectivity index (χ0) is 18.1. The van der Waals surface area contributed by atoms with Gasteiger partial charge >= 0.3 is 0 Å². The van der Waals surface area contributed by atoms with Crippen LogP contribution in [0.1, 0.15) is 16.1 Å². The lowest BCUT2D eigenvalue weighted by atomic mass is 10.2. The van der Waals surface area contributed by atoms with Gasteiger partial charge in [-0.3, -0.25) is 0 Å². The fraction of sp³-hybridized carbons (Fsp3) is 0.111. The normalized spacial score (nSPS) is 11.2. The molecule has 0 aliphatic heterocycles. The lowest BCUT2D eigenvalue weighted by Gasteiger charge is -2.02. The van der Waals surface area contributed by atoms with Gasteiger partial charge in [-0.15, -0.1) is 11.3 Å². The number of pyridine rings is 1. The summed E-state index contributed by atoms with van der Waals surface area (Å²) in [4.78, 5) is 13.0. The topological polar surface area (TPSA) is 53.6 Å². The van der Waals surface area contributed by atoms with Gasteiger partial charge in [-0.25, -0.2) is 9.97 Å². The Kier molecular flexibility index (Phi) is 5.05. The predicted molar refractivity (Wildman–Crippen MR) is 110 cm³/mol. The Balaban J connectivity index is 1.47. The SMILES string of the molecule is Clc1ccc(CNc2nc(Cl)c(Cc3cc4cc(Cl)cnc4[nH]3)s2)cc1. The first-order chi connectivity index (χ1) is 12.6. The van der Waals surface area contributed by atoms with Crippen molar-refractivity contribution in [1.29, 1.82) is 0 Å². The largest absolute Gasteiger partial charge is 0.357 e. The van der Waals surface area contributed by atoms with E-state index >= 15 is 0 Å². The molecule has 4 rings (SSSR count). The molecule has 0 spiro atoms. The third-order valence-electron chi connectivity index (χ3n) is 3.85. The number of fused-ring (bicyclic) bond motifs is 1. The molecule has 0 saturated heterocycles. The molecule has 132 valence electrons. The highest BCUT2D eigenvalue weighted by Crippen LogP contribution is 2.30. The molecule has 0 atom stereocenters. The number of halogens is 3. The molecule has 0 saturated carbocycles. The summed E-state index contributed by atoms with van der Waals surface area (Å²) < 4.78 is 0. The average Bonchev–Trinajstić information content (AvgIpc) is 3.17. The molecule has 0 aliphatic carbocycles. The second-order valence-electron chi connectivity index (χ2n) is 5.78. The first-order valence-electron chi connectivity index (χ1n) is 7.83. The molecule has 4 aromatic rings. The maximum absolute atomic E-state index is 6.31. The Morgan fingerprint density at radius 2 is 1.85 bits per heavy atom. The summed E-state index contributed by atoms with van der Waals surface area (Å²) in [5.74, 6) is 0. The Morgan fingerprint density at radius 3 is 2.65 bits per heavy atom. The number of thiazole rings is 1. The van der Waals surface area contributed by atoms with Crippen molar-refractivity contribution >= 4 is 62.3 Å². The second kappa shape index (κ2) is 7.45. The first-order valence-corrected chi connectivity index (χ1v) is 9.78. The molecule has 3 aromatic heterocycles. The van der Waals surface area contributed by atoms with Crippen LogP contribution in [-0.2, 0) is 13.0 Å². The van der Waals surface area contributed by atoms with Crippen LogP contribution in [0.3, 0.4) is 0 Å². The van der Waals surface area contributed by atoms with E-state index in [1.54, 1.807) is 17.5 Å². The third kappa shape index (κ3) is 3.96. The van der Waals surface area contributed by atoms with Crippen molar-refractivity contribution in [1.82, 2.24) is 15.0 Å². The Morgan fingerprint density at radius 1 is 1.04 bits per heavy atom. The van der Waals surface area contributed by atoms with Crippen molar-refractivity contribution in [3.63, 3.8) is 0 Å². The fourth-order valence-electron chi connectivity index (χ4n) is 2.61. The average molecular weight is 424 g/mol. The first kappa shape index (κ1) is 17.6. The summed E-state index contributed by atoms with van der Waals surface area (Å²) in [6.45, 7) is 0.662. The monoisotopic (exact) mass is 422 g/mol. The standard InChI is InChI=1S/C18H13Cl3N4S/c19-12-3-1-10(2-4-12)8-23-18-25-16(21)15(26-18)7-14-6-11-5-13(20)9-22-17(11)24-14/h1-6,9H,7-8H2,(H,22,24)(H,23,25). The van der Waals surface area contributed by atoms with E-state index in [1.807, 2.05) is 36.4 Å². The molecule has 0 radical (unpaired) electrons. The van der Waals surface area contributed by atoms with Crippen LogP contribution < -0.4 is 5.32 Å². The molecule has 0 bridgehead atoms. The van der Waals surface area contributed by atoms with Gasteiger partial charge in [0.2, 0.25) is 0 Å². The van der Waals surface area contributed by atoms with Crippen molar-refractivity contribution in [2.75, 3.05) is 5.32 Å². The van der Waals surface area contributed by atoms with Gasteiger partial charge in [0.1, 0.15) is 10.8 Å². The van der Waals surface area contributed by atoms with E-state index in [-0.39, 0.29) is 0 Å². The lowest BCUT2D eigenvalue weighted by Crippen LogP contribution is -1.98. The number of aromatic nitrogens is 3. The molecule has 8 heteroatoms. The zero-order valence-electron chi connectivity index (χ0n) is 13.4. The number of hydrogen-bond acceptors (Lipinski definition) is 4. The minimum atomic E-state index is 0.512. The highest BCUT2D eigenvalue weighted by molar-refractivity contribution is 7.16. The maximum atomic E-state index is 6.31. The smallest absolute Gasteiger partial charge is 0.184 e. The van der Waals surface area contributed by atoms with E-state index in [1.165, 1.54) is 0 Å². The number of hydrogen-bond donors (Lipinski definition) is 2. The fourth-order valence-corrected chi connectivity index (χ4v) is 4.09. The molecule has 4 nitrogen and oxygen atoms in total. The van der Waals surface area contributed by atoms with Crippen LogP contribution >= 0.6 is 46.1 Å². The summed E-state index contributed by atoms with van der Waals surface area (Å²) in [5.41, 5.74) is 2.96. The Labute approximate surface area is 169 Å². The predicted octanol–water partition coefficient (Wildman–Crippen LogP) is 6.18. The van der Waals surface area contributed by atoms with Crippen molar-refractivity contribution in [2.24, 2.45) is 0 Å². The molecule has 0 amide bonds. The highest BCUT2D eigenvalue weighted by atomic mass is 35.5. The van der Waals surface area contributed by atoms with Crippen LogP contribution in [0, 0.1) is 0 Å². The molecule has 1 aromatic carbocycles. The second-order valence-corrected chi connectivity index (χ2v) is 8.09. The number of rotatable bonds is 5. The Hall–Kier alpha value is -1.79. The van der Waals surface area contributed by atoms with Gasteiger partial charge in [-0.05, 0) is 29.8 Å². The van der Waals surface area contributed by atoms with Crippen LogP contribution in [0.25, 0.3) is 11.0 Å². The minimum absolute atomic E-state index is 0.512. The molecule has 0 fully saturated rings. The highest BCUT2D eigenvalue weighted by Gasteiger charge is 2.12. The lowest BCUT2D eigenvalue weighted by molar-refractivity contribution is 1.12. The van der Waals surface area contributed by atoms with Crippen molar-refractivity contribution in [2.45, 2.75) is 13.0 Å². The van der Waals surface area contributed by atoms with E-state index in [4.69, 9.17) is 34.8 Å². The van der Waals surface area contributed by atoms with Crippen molar-refractivity contribution < 1.29 is 0 Å². The quantitative estimate of drug-likeness (QED) is 0.403. The maximum Gasteiger partial charge on any atom is 0.184 e. The van der Waals surface area contributed by atoms with Gasteiger partial charge in [0.25, 0.3) is 0 Å². The van der Waals surface area contributed by atoms with Crippen LogP contribution in [0.2, 0.25) is 15.2 Å². The molecule has 2 N–H and O–H groups in total. The summed E-state index contributed by atoms with van der Waals surface area (Å²) in [6.07, 6.45) is 2.29. The molecular weight excluding hydrogens is 411 g/mol. The summed E-state index contributed by atoms with van der Waals surface area (Å²) in [7, 11) is 0. The number of H-pyrrole nitrogens is 1. The van der Waals surface area contributed by atoms with Crippen molar-refractivity contribution in [3.05, 3.63) is 73.9 Å². The van der Waals surface area contributed by atoms with Gasteiger partial charge < -0.3 is 10.3 Å². The minimum Gasteiger partial charge on any atom is -0.357 e. The number of nitrogens with one attached hydrogen (secondary N) is 2.